The molecule has 1 saturated heterocycles. The Morgan fingerprint density at radius 1 is 1.33 bits per heavy atom. The molecule has 1 rings (SSSR count). The summed E-state index contributed by atoms with van der Waals surface area (Å²) >= 11 is 0. The largest absolute Gasteiger partial charge is 0.443 e. The number of hydrogen-bond acceptors (Lipinski definition) is 6. The van der Waals surface area contributed by atoms with Gasteiger partial charge < -0.3 is 14.2 Å². The van der Waals surface area contributed by atoms with E-state index in [2.05, 4.69) is 14.2 Å². The van der Waals surface area contributed by atoms with Gasteiger partial charge in [0, 0.05) is 0 Å². The minimum absolute atomic E-state index is 0.166. The van der Waals surface area contributed by atoms with Crippen LogP contribution >= 0.6 is 0 Å². The van der Waals surface area contributed by atoms with Crippen molar-refractivity contribution in [2.75, 3.05) is 19.8 Å². The minimum Gasteiger partial charge on any atom is -0.443 e. The first-order valence-electron chi connectivity index (χ1n) is 5.16. The molecule has 1 heterocycles. The number of rotatable bonds is 7. The van der Waals surface area contributed by atoms with Crippen LogP contribution in [0.5, 0.6) is 0 Å². The highest BCUT2D eigenvalue weighted by Crippen LogP contribution is 2.37. The SMILES string of the molecule is O=C(COCC1CO1)OC(C(F)(F)F)C(F)(F)S(=O)(=O)O. The van der Waals surface area contributed by atoms with Gasteiger partial charge in [-0.05, 0) is 0 Å². The Morgan fingerprint density at radius 2 is 1.86 bits per heavy atom. The lowest BCUT2D eigenvalue weighted by molar-refractivity contribution is -0.260. The van der Waals surface area contributed by atoms with Crippen molar-refractivity contribution in [3.05, 3.63) is 0 Å². The molecule has 1 N–H and O–H groups in total. The summed E-state index contributed by atoms with van der Waals surface area (Å²) in [6.07, 6.45) is -10.6. The Bertz CT molecular complexity index is 484. The highest BCUT2D eigenvalue weighted by molar-refractivity contribution is 7.86. The average Bonchev–Trinajstić information content (AvgIpc) is 3.06. The van der Waals surface area contributed by atoms with Gasteiger partial charge >= 0.3 is 27.5 Å². The van der Waals surface area contributed by atoms with Crippen LogP contribution in [0.3, 0.4) is 0 Å². The molecule has 0 aliphatic carbocycles. The van der Waals surface area contributed by atoms with Crippen LogP contribution in [0.1, 0.15) is 0 Å². The molecule has 0 aromatic rings. The van der Waals surface area contributed by atoms with Gasteiger partial charge in [-0.3, -0.25) is 4.55 Å². The van der Waals surface area contributed by atoms with Crippen LogP contribution in [-0.2, 0) is 29.1 Å². The lowest BCUT2D eigenvalue weighted by Gasteiger charge is -2.25. The first kappa shape index (κ1) is 18.0. The molecule has 1 fully saturated rings. The molecule has 124 valence electrons. The van der Waals surface area contributed by atoms with Crippen molar-refractivity contribution in [1.82, 2.24) is 0 Å². The number of esters is 1. The van der Waals surface area contributed by atoms with Gasteiger partial charge in [0.25, 0.3) is 6.10 Å². The van der Waals surface area contributed by atoms with E-state index in [-0.39, 0.29) is 12.7 Å². The first-order valence-corrected chi connectivity index (χ1v) is 6.60. The summed E-state index contributed by atoms with van der Waals surface area (Å²) < 4.78 is 104. The Kier molecular flexibility index (Phi) is 5.13. The lowest BCUT2D eigenvalue weighted by atomic mass is 10.3. The molecule has 13 heteroatoms. The lowest BCUT2D eigenvalue weighted by Crippen LogP contribution is -2.52. The first-order chi connectivity index (χ1) is 9.35. The van der Waals surface area contributed by atoms with E-state index in [1.54, 1.807) is 0 Å². The molecule has 0 radical (unpaired) electrons. The third-order valence-electron chi connectivity index (χ3n) is 2.12. The number of ether oxygens (including phenoxy) is 3. The predicted octanol–water partition coefficient (Wildman–Crippen LogP) is 0.357. The zero-order chi connectivity index (χ0) is 16.5. The van der Waals surface area contributed by atoms with Crippen LogP contribution in [-0.4, -0.2) is 62.4 Å². The van der Waals surface area contributed by atoms with E-state index in [9.17, 15) is 35.2 Å². The summed E-state index contributed by atoms with van der Waals surface area (Å²) in [6.45, 7) is -0.963. The Morgan fingerprint density at radius 3 is 2.24 bits per heavy atom. The van der Waals surface area contributed by atoms with E-state index in [0.29, 0.717) is 6.61 Å². The highest BCUT2D eigenvalue weighted by Gasteiger charge is 2.66. The van der Waals surface area contributed by atoms with Crippen molar-refractivity contribution in [1.29, 1.82) is 0 Å². The number of alkyl halides is 5. The van der Waals surface area contributed by atoms with Crippen molar-refractivity contribution in [3.8, 4) is 0 Å². The average molecular weight is 344 g/mol. The molecule has 0 aromatic carbocycles. The second-order valence-electron chi connectivity index (χ2n) is 3.92. The van der Waals surface area contributed by atoms with Gasteiger partial charge in [-0.1, -0.05) is 0 Å². The molecular formula is C8H9F5O7S. The van der Waals surface area contributed by atoms with Gasteiger partial charge in [0.15, 0.2) is 0 Å². The van der Waals surface area contributed by atoms with Crippen LogP contribution < -0.4 is 0 Å². The predicted molar refractivity (Wildman–Crippen MR) is 53.0 cm³/mol. The van der Waals surface area contributed by atoms with E-state index in [1.807, 2.05) is 0 Å². The monoisotopic (exact) mass is 344 g/mol. The molecule has 1 aliphatic heterocycles. The molecule has 1 aliphatic rings. The standard InChI is InChI=1S/C8H9F5O7S/c9-7(10,11)6(8(12,13)21(15,16)17)20-5(14)3-18-1-4-2-19-4/h4,6H,1-3H2,(H,15,16,17). The number of halogens is 5. The van der Waals surface area contributed by atoms with Crippen molar-refractivity contribution in [3.63, 3.8) is 0 Å². The molecule has 7 nitrogen and oxygen atoms in total. The quantitative estimate of drug-likeness (QED) is 0.308. The maximum Gasteiger partial charge on any atom is 0.432 e. The zero-order valence-electron chi connectivity index (χ0n) is 9.97. The molecule has 0 bridgehead atoms. The minimum atomic E-state index is -6.45. The third-order valence-corrected chi connectivity index (χ3v) is 3.02. The highest BCUT2D eigenvalue weighted by atomic mass is 32.2. The van der Waals surface area contributed by atoms with E-state index in [1.165, 1.54) is 0 Å². The number of carbonyl (C=O) groups is 1. The normalized spacial score (nSPS) is 21.0. The van der Waals surface area contributed by atoms with Gasteiger partial charge in [0.05, 0.1) is 13.2 Å². The Balaban J connectivity index is 2.72. The number of hydrogen-bond donors (Lipinski definition) is 1. The maximum atomic E-state index is 13.0. The summed E-state index contributed by atoms with van der Waals surface area (Å²) in [4.78, 5) is 11.0. The molecular weight excluding hydrogens is 335 g/mol. The van der Waals surface area contributed by atoms with E-state index < -0.39 is 40.2 Å². The van der Waals surface area contributed by atoms with Crippen molar-refractivity contribution in [2.24, 2.45) is 0 Å². The van der Waals surface area contributed by atoms with Gasteiger partial charge in [0.2, 0.25) is 0 Å². The number of epoxide rings is 1. The van der Waals surface area contributed by atoms with Crippen molar-refractivity contribution < 1.29 is 53.9 Å². The zero-order valence-corrected chi connectivity index (χ0v) is 10.8. The summed E-state index contributed by atoms with van der Waals surface area (Å²) in [5.41, 5.74) is 0. The van der Waals surface area contributed by atoms with Gasteiger partial charge in [-0.15, -0.1) is 0 Å². The molecule has 0 amide bonds. The fraction of sp³-hybridized carbons (Fsp3) is 0.875. The molecule has 2 unspecified atom stereocenters. The summed E-state index contributed by atoms with van der Waals surface area (Å²) in [5, 5.41) is -5.75. The van der Waals surface area contributed by atoms with Crippen molar-refractivity contribution >= 4 is 16.1 Å². The number of carbonyl (C=O) groups excluding carboxylic acids is 1. The summed E-state index contributed by atoms with van der Waals surface area (Å²) in [6, 6.07) is 0. The summed E-state index contributed by atoms with van der Waals surface area (Å²) in [7, 11) is -6.45. The molecule has 0 saturated carbocycles. The van der Waals surface area contributed by atoms with Crippen LogP contribution in [0.25, 0.3) is 0 Å². The third kappa shape index (κ3) is 5.01. The Labute approximate surface area is 114 Å². The van der Waals surface area contributed by atoms with Gasteiger partial charge in [-0.25, -0.2) is 4.79 Å². The van der Waals surface area contributed by atoms with Crippen LogP contribution in [0.2, 0.25) is 0 Å². The molecule has 21 heavy (non-hydrogen) atoms. The van der Waals surface area contributed by atoms with E-state index in [0.717, 1.165) is 0 Å². The smallest absolute Gasteiger partial charge is 0.432 e. The Hall–Kier alpha value is -1.05. The van der Waals surface area contributed by atoms with E-state index >= 15 is 0 Å². The fourth-order valence-electron chi connectivity index (χ4n) is 1.06. The summed E-state index contributed by atoms with van der Waals surface area (Å²) in [5.74, 6) is -1.87. The topological polar surface area (TPSA) is 102 Å². The van der Waals surface area contributed by atoms with Crippen LogP contribution in [0, 0.1) is 0 Å². The fourth-order valence-corrected chi connectivity index (χ4v) is 1.52. The van der Waals surface area contributed by atoms with Crippen molar-refractivity contribution in [2.45, 2.75) is 23.6 Å². The van der Waals surface area contributed by atoms with Crippen LogP contribution in [0.15, 0.2) is 0 Å². The second-order valence-corrected chi connectivity index (χ2v) is 5.41. The molecule has 0 spiro atoms. The second kappa shape index (κ2) is 5.98. The van der Waals surface area contributed by atoms with E-state index in [4.69, 9.17) is 4.55 Å². The van der Waals surface area contributed by atoms with Crippen LogP contribution in [0.4, 0.5) is 22.0 Å². The van der Waals surface area contributed by atoms with Gasteiger partial charge in [-0.2, -0.15) is 30.4 Å². The maximum absolute atomic E-state index is 13.0. The molecule has 0 aromatic heterocycles. The van der Waals surface area contributed by atoms with Gasteiger partial charge in [0.1, 0.15) is 12.7 Å². The molecule has 2 atom stereocenters.